The van der Waals surface area contributed by atoms with E-state index in [0.717, 1.165) is 51.1 Å². The Balaban J connectivity index is 1.17. The van der Waals surface area contributed by atoms with E-state index in [1.54, 1.807) is 6.20 Å². The van der Waals surface area contributed by atoms with E-state index < -0.39 is 0 Å². The first kappa shape index (κ1) is 20.6. The first-order valence-electron chi connectivity index (χ1n) is 11.1. The van der Waals surface area contributed by atoms with Gasteiger partial charge in [0, 0.05) is 43.7 Å². The van der Waals surface area contributed by atoms with Gasteiger partial charge in [-0.1, -0.05) is 31.0 Å². The molecule has 1 aromatic carbocycles. The Bertz CT molecular complexity index is 836. The number of anilines is 1. The average Bonchev–Trinajstić information content (AvgIpc) is 3.46. The Morgan fingerprint density at radius 3 is 2.47 bits per heavy atom. The standard InChI is InChI=1S/C23H31N5O2/c29-22(26-21-10-14-24-28(21)20-8-4-5-9-20)13-17-27-15-11-19(12-16-27)25-23(30)18-6-2-1-3-7-18/h1-3,6-7,10,14,19-20H,4-5,8-9,11-13,15-17H2,(H,25,30)(H,26,29). The second kappa shape index (κ2) is 9.89. The fourth-order valence-electron chi connectivity index (χ4n) is 4.48. The third-order valence-electron chi connectivity index (χ3n) is 6.22. The molecule has 0 bridgehead atoms. The third-order valence-corrected chi connectivity index (χ3v) is 6.22. The van der Waals surface area contributed by atoms with Crippen LogP contribution in [0.3, 0.4) is 0 Å². The van der Waals surface area contributed by atoms with Crippen LogP contribution in [0.25, 0.3) is 0 Å². The fraction of sp³-hybridized carbons (Fsp3) is 0.522. The molecule has 7 nitrogen and oxygen atoms in total. The molecular weight excluding hydrogens is 378 g/mol. The van der Waals surface area contributed by atoms with E-state index in [-0.39, 0.29) is 17.9 Å². The topological polar surface area (TPSA) is 79.3 Å². The Morgan fingerprint density at radius 2 is 1.73 bits per heavy atom. The van der Waals surface area contributed by atoms with Gasteiger partial charge in [-0.3, -0.25) is 9.59 Å². The number of hydrogen-bond donors (Lipinski definition) is 2. The molecule has 1 aliphatic carbocycles. The van der Waals surface area contributed by atoms with Crippen molar-refractivity contribution in [2.24, 2.45) is 0 Å². The summed E-state index contributed by atoms with van der Waals surface area (Å²) in [6, 6.07) is 11.8. The number of likely N-dealkylation sites (tertiary alicyclic amines) is 1. The smallest absolute Gasteiger partial charge is 0.251 e. The molecule has 1 aromatic heterocycles. The molecule has 1 saturated heterocycles. The van der Waals surface area contributed by atoms with E-state index in [1.807, 2.05) is 41.1 Å². The second-order valence-electron chi connectivity index (χ2n) is 8.35. The first-order chi connectivity index (χ1) is 14.7. The highest BCUT2D eigenvalue weighted by atomic mass is 16.2. The zero-order chi connectivity index (χ0) is 20.8. The van der Waals surface area contributed by atoms with Crippen molar-refractivity contribution < 1.29 is 9.59 Å². The van der Waals surface area contributed by atoms with Crippen LogP contribution in [0.2, 0.25) is 0 Å². The number of benzene rings is 1. The van der Waals surface area contributed by atoms with Gasteiger partial charge in [-0.25, -0.2) is 4.68 Å². The minimum Gasteiger partial charge on any atom is -0.349 e. The molecule has 0 radical (unpaired) electrons. The van der Waals surface area contributed by atoms with Gasteiger partial charge in [-0.15, -0.1) is 0 Å². The summed E-state index contributed by atoms with van der Waals surface area (Å²) in [6.45, 7) is 2.53. The largest absolute Gasteiger partial charge is 0.349 e. The lowest BCUT2D eigenvalue weighted by Crippen LogP contribution is -2.45. The van der Waals surface area contributed by atoms with E-state index in [4.69, 9.17) is 0 Å². The van der Waals surface area contributed by atoms with Crippen LogP contribution in [0.5, 0.6) is 0 Å². The van der Waals surface area contributed by atoms with Gasteiger partial charge in [0.1, 0.15) is 5.82 Å². The number of carbonyl (C=O) groups excluding carboxylic acids is 2. The monoisotopic (exact) mass is 409 g/mol. The molecule has 2 aliphatic rings. The number of nitrogens with one attached hydrogen (secondary N) is 2. The molecule has 2 aromatic rings. The highest BCUT2D eigenvalue weighted by molar-refractivity contribution is 5.94. The number of rotatable bonds is 7. The predicted molar refractivity (Wildman–Crippen MR) is 116 cm³/mol. The van der Waals surface area contributed by atoms with E-state index in [9.17, 15) is 9.59 Å². The first-order valence-corrected chi connectivity index (χ1v) is 11.1. The molecule has 2 fully saturated rings. The number of hydrogen-bond acceptors (Lipinski definition) is 4. The van der Waals surface area contributed by atoms with Crippen molar-refractivity contribution in [3.63, 3.8) is 0 Å². The van der Waals surface area contributed by atoms with Gasteiger partial charge in [-0.05, 0) is 37.8 Å². The molecule has 1 saturated carbocycles. The molecule has 2 heterocycles. The maximum atomic E-state index is 12.5. The van der Waals surface area contributed by atoms with Crippen LogP contribution in [0.4, 0.5) is 5.82 Å². The highest BCUT2D eigenvalue weighted by Crippen LogP contribution is 2.31. The molecule has 7 heteroatoms. The quantitative estimate of drug-likeness (QED) is 0.736. The van der Waals surface area contributed by atoms with Crippen LogP contribution < -0.4 is 10.6 Å². The normalized spacial score (nSPS) is 18.4. The van der Waals surface area contributed by atoms with Crippen LogP contribution in [-0.2, 0) is 4.79 Å². The molecule has 2 amide bonds. The van der Waals surface area contributed by atoms with Gasteiger partial charge in [0.05, 0.1) is 12.2 Å². The Morgan fingerprint density at radius 1 is 1.00 bits per heavy atom. The zero-order valence-corrected chi connectivity index (χ0v) is 17.4. The molecule has 0 unspecified atom stereocenters. The van der Waals surface area contributed by atoms with E-state index in [0.29, 0.717) is 18.0 Å². The highest BCUT2D eigenvalue weighted by Gasteiger charge is 2.23. The molecule has 30 heavy (non-hydrogen) atoms. The lowest BCUT2D eigenvalue weighted by molar-refractivity contribution is -0.116. The number of amides is 2. The minimum absolute atomic E-state index is 0.00713. The summed E-state index contributed by atoms with van der Waals surface area (Å²) in [5, 5.41) is 10.6. The molecule has 0 atom stereocenters. The van der Waals surface area contributed by atoms with E-state index in [1.165, 1.54) is 12.8 Å². The van der Waals surface area contributed by atoms with Crippen LogP contribution in [-0.4, -0.2) is 52.2 Å². The summed E-state index contributed by atoms with van der Waals surface area (Å²) in [7, 11) is 0. The van der Waals surface area contributed by atoms with Gasteiger partial charge < -0.3 is 15.5 Å². The second-order valence-corrected chi connectivity index (χ2v) is 8.35. The number of piperidine rings is 1. The summed E-state index contributed by atoms with van der Waals surface area (Å²) in [6.07, 6.45) is 8.81. The zero-order valence-electron chi connectivity index (χ0n) is 17.4. The average molecular weight is 410 g/mol. The Hall–Kier alpha value is -2.67. The molecule has 1 aliphatic heterocycles. The summed E-state index contributed by atoms with van der Waals surface area (Å²) in [5.74, 6) is 0.843. The molecule has 2 N–H and O–H groups in total. The van der Waals surface area contributed by atoms with Crippen LogP contribution in [0, 0.1) is 0 Å². The SMILES string of the molecule is O=C(CCN1CCC(NC(=O)c2ccccc2)CC1)Nc1ccnn1C1CCCC1. The Kier molecular flexibility index (Phi) is 6.79. The van der Waals surface area contributed by atoms with Crippen molar-refractivity contribution in [1.82, 2.24) is 20.0 Å². The van der Waals surface area contributed by atoms with Gasteiger partial charge in [0.2, 0.25) is 5.91 Å². The molecular formula is C23H31N5O2. The summed E-state index contributed by atoms with van der Waals surface area (Å²) < 4.78 is 1.98. The van der Waals surface area contributed by atoms with Crippen LogP contribution in [0.1, 0.15) is 61.3 Å². The number of carbonyl (C=O) groups is 2. The van der Waals surface area contributed by atoms with E-state index in [2.05, 4.69) is 20.6 Å². The summed E-state index contributed by atoms with van der Waals surface area (Å²) in [5.41, 5.74) is 0.702. The minimum atomic E-state index is -0.00713. The van der Waals surface area contributed by atoms with Gasteiger partial charge >= 0.3 is 0 Å². The Labute approximate surface area is 177 Å². The lowest BCUT2D eigenvalue weighted by Gasteiger charge is -2.32. The maximum absolute atomic E-state index is 12.5. The van der Waals surface area contributed by atoms with Crippen molar-refractivity contribution in [2.45, 2.75) is 57.0 Å². The van der Waals surface area contributed by atoms with Gasteiger partial charge in [0.25, 0.3) is 5.91 Å². The molecule has 0 spiro atoms. The van der Waals surface area contributed by atoms with Crippen molar-refractivity contribution in [3.8, 4) is 0 Å². The van der Waals surface area contributed by atoms with E-state index >= 15 is 0 Å². The van der Waals surface area contributed by atoms with Gasteiger partial charge in [-0.2, -0.15) is 5.10 Å². The lowest BCUT2D eigenvalue weighted by atomic mass is 10.0. The fourth-order valence-corrected chi connectivity index (χ4v) is 4.48. The number of aromatic nitrogens is 2. The third kappa shape index (κ3) is 5.27. The maximum Gasteiger partial charge on any atom is 0.251 e. The summed E-state index contributed by atoms with van der Waals surface area (Å²) >= 11 is 0. The van der Waals surface area contributed by atoms with Crippen molar-refractivity contribution in [3.05, 3.63) is 48.2 Å². The predicted octanol–water partition coefficient (Wildman–Crippen LogP) is 3.22. The molecule has 4 rings (SSSR count). The van der Waals surface area contributed by atoms with Crippen molar-refractivity contribution >= 4 is 17.6 Å². The van der Waals surface area contributed by atoms with Crippen LogP contribution >= 0.6 is 0 Å². The van der Waals surface area contributed by atoms with Crippen LogP contribution in [0.15, 0.2) is 42.6 Å². The summed E-state index contributed by atoms with van der Waals surface area (Å²) in [4.78, 5) is 27.1. The van der Waals surface area contributed by atoms with Crippen molar-refractivity contribution in [2.75, 3.05) is 25.0 Å². The number of nitrogens with zero attached hydrogens (tertiary/aromatic N) is 3. The molecule has 160 valence electrons. The van der Waals surface area contributed by atoms with Crippen molar-refractivity contribution in [1.29, 1.82) is 0 Å². The van der Waals surface area contributed by atoms with Gasteiger partial charge in [0.15, 0.2) is 0 Å².